The number of hydrogen-bond donors (Lipinski definition) is 1. The maximum Gasteiger partial charge on any atom is 0.322 e. The van der Waals surface area contributed by atoms with Crippen LogP contribution in [0.5, 0.6) is 0 Å². The summed E-state index contributed by atoms with van der Waals surface area (Å²) in [6.45, 7) is 6.97. The van der Waals surface area contributed by atoms with Crippen LogP contribution in [-0.2, 0) is 6.54 Å². The fourth-order valence-corrected chi connectivity index (χ4v) is 3.91. The molecule has 4 heteroatoms. The zero-order chi connectivity index (χ0) is 19.0. The van der Waals surface area contributed by atoms with Crippen LogP contribution < -0.4 is 5.32 Å². The van der Waals surface area contributed by atoms with Gasteiger partial charge in [0.2, 0.25) is 0 Å². The highest BCUT2D eigenvalue weighted by Gasteiger charge is 2.33. The van der Waals surface area contributed by atoms with Crippen LogP contribution in [0, 0.1) is 12.8 Å². The molecule has 0 fully saturated rings. The Morgan fingerprint density at radius 3 is 2.52 bits per heavy atom. The molecular formula is C23H25N3O. The fraction of sp³-hybridized carbons (Fsp3) is 0.261. The molecule has 0 spiro atoms. The first-order chi connectivity index (χ1) is 13.0. The van der Waals surface area contributed by atoms with Crippen molar-refractivity contribution in [3.8, 4) is 5.69 Å². The number of nitrogens with one attached hydrogen (secondary N) is 1. The Labute approximate surface area is 160 Å². The lowest BCUT2D eigenvalue weighted by atomic mass is 9.99. The quantitative estimate of drug-likeness (QED) is 0.642. The molecule has 138 valence electrons. The molecule has 1 unspecified atom stereocenters. The highest BCUT2D eigenvalue weighted by Crippen LogP contribution is 2.36. The van der Waals surface area contributed by atoms with Crippen molar-refractivity contribution >= 4 is 11.7 Å². The summed E-state index contributed by atoms with van der Waals surface area (Å²) in [5, 5.41) is 3.08. The molecule has 4 nitrogen and oxygen atoms in total. The second-order valence-corrected chi connectivity index (χ2v) is 7.54. The van der Waals surface area contributed by atoms with E-state index in [4.69, 9.17) is 0 Å². The van der Waals surface area contributed by atoms with Crippen molar-refractivity contribution in [1.82, 2.24) is 9.47 Å². The first-order valence-electron chi connectivity index (χ1n) is 9.44. The molecule has 2 amide bonds. The van der Waals surface area contributed by atoms with E-state index < -0.39 is 0 Å². The summed E-state index contributed by atoms with van der Waals surface area (Å²) in [4.78, 5) is 15.2. The van der Waals surface area contributed by atoms with Crippen molar-refractivity contribution in [1.29, 1.82) is 0 Å². The fourth-order valence-electron chi connectivity index (χ4n) is 3.91. The summed E-state index contributed by atoms with van der Waals surface area (Å²) >= 11 is 0. The van der Waals surface area contributed by atoms with E-state index in [0.717, 1.165) is 22.6 Å². The zero-order valence-electron chi connectivity index (χ0n) is 16.0. The Hall–Kier alpha value is -3.01. The highest BCUT2D eigenvalue weighted by molar-refractivity contribution is 5.89. The molecule has 2 heterocycles. The molecule has 4 rings (SSSR count). The monoisotopic (exact) mass is 359 g/mol. The Balaban J connectivity index is 1.74. The molecule has 3 aromatic rings. The number of aromatic nitrogens is 1. The van der Waals surface area contributed by atoms with Gasteiger partial charge in [0.25, 0.3) is 0 Å². The van der Waals surface area contributed by atoms with Crippen molar-refractivity contribution in [2.75, 3.05) is 5.32 Å². The lowest BCUT2D eigenvalue weighted by Crippen LogP contribution is -2.39. The van der Waals surface area contributed by atoms with Crippen molar-refractivity contribution in [2.24, 2.45) is 5.92 Å². The molecular weight excluding hydrogens is 334 g/mol. The number of anilines is 1. The predicted molar refractivity (Wildman–Crippen MR) is 109 cm³/mol. The van der Waals surface area contributed by atoms with E-state index in [1.165, 1.54) is 5.56 Å². The molecule has 0 radical (unpaired) electrons. The van der Waals surface area contributed by atoms with Gasteiger partial charge in [-0.05, 0) is 48.7 Å². The third-order valence-corrected chi connectivity index (χ3v) is 5.21. The van der Waals surface area contributed by atoms with Gasteiger partial charge in [0.15, 0.2) is 0 Å². The molecule has 27 heavy (non-hydrogen) atoms. The van der Waals surface area contributed by atoms with Crippen LogP contribution in [0.15, 0.2) is 66.9 Å². The van der Waals surface area contributed by atoms with Crippen molar-refractivity contribution in [3.63, 3.8) is 0 Å². The summed E-state index contributed by atoms with van der Waals surface area (Å²) in [5.41, 5.74) is 5.44. The second-order valence-electron chi connectivity index (χ2n) is 7.54. The molecule has 2 aromatic carbocycles. The van der Waals surface area contributed by atoms with Gasteiger partial charge in [-0.15, -0.1) is 0 Å². The van der Waals surface area contributed by atoms with Crippen molar-refractivity contribution in [3.05, 3.63) is 83.7 Å². The Morgan fingerprint density at radius 1 is 1.04 bits per heavy atom. The van der Waals surface area contributed by atoms with E-state index in [0.29, 0.717) is 6.54 Å². The van der Waals surface area contributed by atoms with Gasteiger partial charge >= 0.3 is 6.03 Å². The third-order valence-electron chi connectivity index (χ3n) is 5.21. The van der Waals surface area contributed by atoms with Crippen LogP contribution in [0.1, 0.15) is 36.7 Å². The summed E-state index contributed by atoms with van der Waals surface area (Å²) in [7, 11) is 0. The molecule has 1 aromatic heterocycles. The minimum absolute atomic E-state index is 0.00199. The standard InChI is InChI=1S/C23H25N3O/c1-16(2)22-21-9-6-14-25(21)20-8-5-4-7-18(20)15-26(22)23(27)24-19-12-10-17(3)11-13-19/h4-14,16,22H,15H2,1-3H3,(H,24,27). The van der Waals surface area contributed by atoms with Gasteiger partial charge in [-0.3, -0.25) is 0 Å². The SMILES string of the molecule is Cc1ccc(NC(=O)N2Cc3ccccc3-n3cccc3C2C(C)C)cc1. The molecule has 1 aliphatic heterocycles. The minimum Gasteiger partial charge on any atom is -0.318 e. The Morgan fingerprint density at radius 2 is 1.78 bits per heavy atom. The van der Waals surface area contributed by atoms with Crippen molar-refractivity contribution < 1.29 is 4.79 Å². The molecule has 1 aliphatic rings. The van der Waals surface area contributed by atoms with Gasteiger partial charge in [0.1, 0.15) is 0 Å². The van der Waals surface area contributed by atoms with E-state index in [1.807, 2.05) is 42.2 Å². The first-order valence-corrected chi connectivity index (χ1v) is 9.44. The second kappa shape index (κ2) is 6.95. The number of carbonyl (C=O) groups excluding carboxylic acids is 1. The van der Waals surface area contributed by atoms with E-state index >= 15 is 0 Å². The number of benzene rings is 2. The van der Waals surface area contributed by atoms with Crippen LogP contribution >= 0.6 is 0 Å². The number of carbonyl (C=O) groups is 1. The van der Waals surface area contributed by atoms with Crippen LogP contribution in [0.4, 0.5) is 10.5 Å². The van der Waals surface area contributed by atoms with E-state index in [-0.39, 0.29) is 18.0 Å². The van der Waals surface area contributed by atoms with E-state index in [1.54, 1.807) is 0 Å². The van der Waals surface area contributed by atoms with Crippen LogP contribution in [-0.4, -0.2) is 15.5 Å². The van der Waals surface area contributed by atoms with Crippen LogP contribution in [0.25, 0.3) is 5.69 Å². The molecule has 0 aliphatic carbocycles. The van der Waals surface area contributed by atoms with Crippen LogP contribution in [0.2, 0.25) is 0 Å². The normalized spacial score (nSPS) is 15.9. The summed E-state index contributed by atoms with van der Waals surface area (Å²) in [6.07, 6.45) is 2.09. The largest absolute Gasteiger partial charge is 0.322 e. The molecule has 1 N–H and O–H groups in total. The number of rotatable bonds is 2. The zero-order valence-corrected chi connectivity index (χ0v) is 16.0. The molecule has 0 saturated heterocycles. The van der Waals surface area contributed by atoms with Crippen LogP contribution in [0.3, 0.4) is 0 Å². The highest BCUT2D eigenvalue weighted by atomic mass is 16.2. The summed E-state index contributed by atoms with van der Waals surface area (Å²) in [6, 6.07) is 20.4. The van der Waals surface area contributed by atoms with E-state index in [9.17, 15) is 4.79 Å². The third kappa shape index (κ3) is 3.23. The molecule has 1 atom stereocenters. The van der Waals surface area contributed by atoms with Gasteiger partial charge in [-0.2, -0.15) is 0 Å². The van der Waals surface area contributed by atoms with Gasteiger partial charge < -0.3 is 14.8 Å². The average Bonchev–Trinajstić information content (AvgIpc) is 3.07. The minimum atomic E-state index is -0.0676. The van der Waals surface area contributed by atoms with Crippen molar-refractivity contribution in [2.45, 2.75) is 33.4 Å². The van der Waals surface area contributed by atoms with E-state index in [2.05, 4.69) is 60.3 Å². The number of urea groups is 1. The topological polar surface area (TPSA) is 37.3 Å². The number of amides is 2. The molecule has 0 saturated carbocycles. The number of fused-ring (bicyclic) bond motifs is 3. The number of aryl methyl sites for hydroxylation is 1. The Bertz CT molecular complexity index is 956. The first kappa shape index (κ1) is 17.4. The number of nitrogens with zero attached hydrogens (tertiary/aromatic N) is 2. The maximum absolute atomic E-state index is 13.3. The van der Waals surface area contributed by atoms with Gasteiger partial charge in [-0.25, -0.2) is 4.79 Å². The summed E-state index contributed by atoms with van der Waals surface area (Å²) < 4.78 is 2.22. The van der Waals surface area contributed by atoms with Gasteiger partial charge in [0, 0.05) is 17.6 Å². The smallest absolute Gasteiger partial charge is 0.318 e. The number of para-hydroxylation sites is 1. The van der Waals surface area contributed by atoms with Gasteiger partial charge in [0.05, 0.1) is 18.3 Å². The lowest BCUT2D eigenvalue weighted by Gasteiger charge is -2.33. The maximum atomic E-state index is 13.3. The average molecular weight is 359 g/mol. The Kier molecular flexibility index (Phi) is 4.48. The lowest BCUT2D eigenvalue weighted by molar-refractivity contribution is 0.162. The summed E-state index contributed by atoms with van der Waals surface area (Å²) in [5.74, 6) is 0.289. The molecule has 0 bridgehead atoms. The van der Waals surface area contributed by atoms with Gasteiger partial charge in [-0.1, -0.05) is 49.7 Å². The predicted octanol–water partition coefficient (Wildman–Crippen LogP) is 5.53. The number of hydrogen-bond acceptors (Lipinski definition) is 1.